The van der Waals surface area contributed by atoms with Gasteiger partial charge in [0.25, 0.3) is 0 Å². The minimum atomic E-state index is 0.463. The van der Waals surface area contributed by atoms with Gasteiger partial charge < -0.3 is 5.32 Å². The molecule has 0 fully saturated rings. The van der Waals surface area contributed by atoms with Crippen LogP contribution in [-0.2, 0) is 6.54 Å². The molecule has 0 saturated heterocycles. The summed E-state index contributed by atoms with van der Waals surface area (Å²) in [6.07, 6.45) is 1.90. The van der Waals surface area contributed by atoms with Crippen molar-refractivity contribution < 1.29 is 0 Å². The van der Waals surface area contributed by atoms with E-state index in [9.17, 15) is 0 Å². The quantitative estimate of drug-likeness (QED) is 0.873. The number of fused-ring (bicyclic) bond motifs is 1. The monoisotopic (exact) mass is 245 g/mol. The molecule has 17 heavy (non-hydrogen) atoms. The molecule has 1 unspecified atom stereocenters. The molecule has 88 valence electrons. The first-order valence-corrected chi connectivity index (χ1v) is 6.77. The van der Waals surface area contributed by atoms with Crippen LogP contribution in [0.15, 0.2) is 35.4 Å². The van der Waals surface area contributed by atoms with Gasteiger partial charge in [0.2, 0.25) is 0 Å². The Morgan fingerprint density at radius 3 is 3.18 bits per heavy atom. The van der Waals surface area contributed by atoms with Crippen molar-refractivity contribution >= 4 is 11.8 Å². The van der Waals surface area contributed by atoms with Crippen molar-refractivity contribution in [3.63, 3.8) is 0 Å². The fourth-order valence-electron chi connectivity index (χ4n) is 2.12. The Labute approximate surface area is 105 Å². The molecule has 2 N–H and O–H groups in total. The average molecular weight is 245 g/mol. The SMILES string of the molecule is Cc1[nH]ncc1CNC1CSc2ccccc21. The number of benzene rings is 1. The number of nitrogens with one attached hydrogen (secondary N) is 2. The van der Waals surface area contributed by atoms with Crippen LogP contribution in [0.1, 0.15) is 22.9 Å². The topological polar surface area (TPSA) is 40.7 Å². The second kappa shape index (κ2) is 4.55. The van der Waals surface area contributed by atoms with Crippen LogP contribution in [0.5, 0.6) is 0 Å². The lowest BCUT2D eigenvalue weighted by Gasteiger charge is -2.12. The third-order valence-corrected chi connectivity index (χ3v) is 4.36. The summed E-state index contributed by atoms with van der Waals surface area (Å²) in [5.41, 5.74) is 3.83. The van der Waals surface area contributed by atoms with Crippen LogP contribution in [0.3, 0.4) is 0 Å². The Kier molecular flexibility index (Phi) is 2.91. The van der Waals surface area contributed by atoms with E-state index in [-0.39, 0.29) is 0 Å². The predicted octanol–water partition coefficient (Wildman–Crippen LogP) is 2.65. The second-order valence-electron chi connectivity index (χ2n) is 4.30. The first-order valence-electron chi connectivity index (χ1n) is 5.78. The number of rotatable bonds is 3. The number of H-pyrrole nitrogens is 1. The number of hydrogen-bond acceptors (Lipinski definition) is 3. The zero-order chi connectivity index (χ0) is 11.7. The molecule has 0 saturated carbocycles. The van der Waals surface area contributed by atoms with Crippen LogP contribution in [0.2, 0.25) is 0 Å². The Hall–Kier alpha value is -1.26. The highest BCUT2D eigenvalue weighted by atomic mass is 32.2. The van der Waals surface area contributed by atoms with Crippen molar-refractivity contribution in [2.45, 2.75) is 24.4 Å². The van der Waals surface area contributed by atoms with Gasteiger partial charge in [0.1, 0.15) is 0 Å². The van der Waals surface area contributed by atoms with Crippen LogP contribution in [0.25, 0.3) is 0 Å². The van der Waals surface area contributed by atoms with E-state index in [0.29, 0.717) is 6.04 Å². The first kappa shape index (κ1) is 10.9. The fourth-order valence-corrected chi connectivity index (χ4v) is 3.31. The van der Waals surface area contributed by atoms with E-state index >= 15 is 0 Å². The number of thioether (sulfide) groups is 1. The molecule has 4 heteroatoms. The summed E-state index contributed by atoms with van der Waals surface area (Å²) in [5.74, 6) is 1.12. The Morgan fingerprint density at radius 1 is 1.47 bits per heavy atom. The normalized spacial score (nSPS) is 18.3. The summed E-state index contributed by atoms with van der Waals surface area (Å²) in [6.45, 7) is 2.93. The maximum Gasteiger partial charge on any atom is 0.0535 e. The zero-order valence-corrected chi connectivity index (χ0v) is 10.6. The molecule has 0 spiro atoms. The summed E-state index contributed by atoms with van der Waals surface area (Å²) >= 11 is 1.93. The van der Waals surface area contributed by atoms with Gasteiger partial charge in [-0.15, -0.1) is 11.8 Å². The maximum atomic E-state index is 4.04. The molecular formula is C13H15N3S. The smallest absolute Gasteiger partial charge is 0.0535 e. The lowest BCUT2D eigenvalue weighted by molar-refractivity contribution is 0.582. The predicted molar refractivity (Wildman–Crippen MR) is 70.1 cm³/mol. The molecule has 1 aliphatic rings. The molecular weight excluding hydrogens is 230 g/mol. The second-order valence-corrected chi connectivity index (χ2v) is 5.36. The minimum absolute atomic E-state index is 0.463. The molecule has 1 aromatic carbocycles. The highest BCUT2D eigenvalue weighted by molar-refractivity contribution is 7.99. The number of aryl methyl sites for hydroxylation is 1. The summed E-state index contributed by atoms with van der Waals surface area (Å²) in [6, 6.07) is 9.10. The van der Waals surface area contributed by atoms with E-state index < -0.39 is 0 Å². The summed E-state index contributed by atoms with van der Waals surface area (Å²) < 4.78 is 0. The lowest BCUT2D eigenvalue weighted by Crippen LogP contribution is -2.20. The third-order valence-electron chi connectivity index (χ3n) is 3.17. The van der Waals surface area contributed by atoms with Crippen LogP contribution in [0, 0.1) is 6.92 Å². The molecule has 0 radical (unpaired) electrons. The summed E-state index contributed by atoms with van der Waals surface area (Å²) in [7, 11) is 0. The Morgan fingerprint density at radius 2 is 2.35 bits per heavy atom. The van der Waals surface area contributed by atoms with Gasteiger partial charge in [0.15, 0.2) is 0 Å². The van der Waals surface area contributed by atoms with Gasteiger partial charge in [-0.05, 0) is 18.6 Å². The molecule has 3 nitrogen and oxygen atoms in total. The van der Waals surface area contributed by atoms with Crippen LogP contribution in [0.4, 0.5) is 0 Å². The molecule has 2 aromatic rings. The van der Waals surface area contributed by atoms with Gasteiger partial charge >= 0.3 is 0 Å². The van der Waals surface area contributed by atoms with Gasteiger partial charge in [-0.3, -0.25) is 5.10 Å². The van der Waals surface area contributed by atoms with Crippen LogP contribution < -0.4 is 5.32 Å². The molecule has 0 amide bonds. The number of aromatic nitrogens is 2. The first-order chi connectivity index (χ1) is 8.34. The lowest BCUT2D eigenvalue weighted by atomic mass is 10.1. The molecule has 2 heterocycles. The van der Waals surface area contributed by atoms with Crippen molar-refractivity contribution in [1.82, 2.24) is 15.5 Å². The minimum Gasteiger partial charge on any atom is -0.305 e. The molecule has 1 aliphatic heterocycles. The van der Waals surface area contributed by atoms with Crippen LogP contribution >= 0.6 is 11.8 Å². The summed E-state index contributed by atoms with van der Waals surface area (Å²) in [5, 5.41) is 10.6. The van der Waals surface area contributed by atoms with E-state index in [1.165, 1.54) is 16.0 Å². The van der Waals surface area contributed by atoms with Crippen LogP contribution in [-0.4, -0.2) is 16.0 Å². The maximum absolute atomic E-state index is 4.04. The largest absolute Gasteiger partial charge is 0.305 e. The van der Waals surface area contributed by atoms with E-state index in [2.05, 4.69) is 46.7 Å². The summed E-state index contributed by atoms with van der Waals surface area (Å²) in [4.78, 5) is 1.41. The number of hydrogen-bond donors (Lipinski definition) is 2. The fraction of sp³-hybridized carbons (Fsp3) is 0.308. The standard InChI is InChI=1S/C13H15N3S/c1-9-10(7-15-16-9)6-14-12-8-17-13-5-3-2-4-11(12)13/h2-5,7,12,14H,6,8H2,1H3,(H,15,16). The van der Waals surface area contributed by atoms with Crippen molar-refractivity contribution in [3.05, 3.63) is 47.3 Å². The average Bonchev–Trinajstić information content (AvgIpc) is 2.93. The molecule has 3 rings (SSSR count). The van der Waals surface area contributed by atoms with Crippen molar-refractivity contribution in [1.29, 1.82) is 0 Å². The van der Waals surface area contributed by atoms with E-state index in [1.54, 1.807) is 0 Å². The van der Waals surface area contributed by atoms with Gasteiger partial charge in [0.05, 0.1) is 6.20 Å². The van der Waals surface area contributed by atoms with Gasteiger partial charge in [-0.2, -0.15) is 5.10 Å². The highest BCUT2D eigenvalue weighted by Gasteiger charge is 2.21. The van der Waals surface area contributed by atoms with Gasteiger partial charge in [-0.1, -0.05) is 18.2 Å². The van der Waals surface area contributed by atoms with Crippen molar-refractivity contribution in [3.8, 4) is 0 Å². The zero-order valence-electron chi connectivity index (χ0n) is 9.73. The third kappa shape index (κ3) is 2.10. The van der Waals surface area contributed by atoms with Gasteiger partial charge in [-0.25, -0.2) is 0 Å². The number of aromatic amines is 1. The molecule has 1 atom stereocenters. The molecule has 0 bridgehead atoms. The Balaban J connectivity index is 1.70. The van der Waals surface area contributed by atoms with Crippen molar-refractivity contribution in [2.24, 2.45) is 0 Å². The van der Waals surface area contributed by atoms with Crippen molar-refractivity contribution in [2.75, 3.05) is 5.75 Å². The number of nitrogens with zero attached hydrogens (tertiary/aromatic N) is 1. The van der Waals surface area contributed by atoms with Gasteiger partial charge in [0, 0.05) is 34.5 Å². The van der Waals surface area contributed by atoms with E-state index in [1.807, 2.05) is 18.0 Å². The molecule has 0 aliphatic carbocycles. The highest BCUT2D eigenvalue weighted by Crippen LogP contribution is 2.37. The molecule has 1 aromatic heterocycles. The Bertz CT molecular complexity index is 521. The van der Waals surface area contributed by atoms with E-state index in [4.69, 9.17) is 0 Å². The van der Waals surface area contributed by atoms with E-state index in [0.717, 1.165) is 18.0 Å².